The highest BCUT2D eigenvalue weighted by Gasteiger charge is 2.32. The fourth-order valence-electron chi connectivity index (χ4n) is 2.27. The second-order valence-electron chi connectivity index (χ2n) is 4.87. The molecule has 1 aliphatic heterocycles. The molecule has 1 amide bonds. The van der Waals surface area contributed by atoms with Gasteiger partial charge in [0.25, 0.3) is 0 Å². The minimum Gasteiger partial charge on any atom is -0.373 e. The number of hydrogen-bond donors (Lipinski definition) is 1. The van der Waals surface area contributed by atoms with Crippen molar-refractivity contribution in [3.63, 3.8) is 0 Å². The van der Waals surface area contributed by atoms with Crippen LogP contribution in [-0.2, 0) is 19.6 Å². The van der Waals surface area contributed by atoms with Crippen molar-refractivity contribution in [1.29, 1.82) is 0 Å². The van der Waals surface area contributed by atoms with E-state index >= 15 is 0 Å². The third-order valence-corrected chi connectivity index (χ3v) is 4.95. The molecule has 0 radical (unpaired) electrons. The number of nitrogens with zero attached hydrogens (tertiary/aromatic N) is 1. The highest BCUT2D eigenvalue weighted by atomic mass is 32.2. The molecule has 1 heterocycles. The monoisotopic (exact) mass is 298 g/mol. The van der Waals surface area contributed by atoms with Gasteiger partial charge in [-0.15, -0.1) is 0 Å². The summed E-state index contributed by atoms with van der Waals surface area (Å²) in [6.45, 7) is 4.41. The first kappa shape index (κ1) is 15.0. The fraction of sp³-hybridized carbons (Fsp3) is 0.462. The van der Waals surface area contributed by atoms with E-state index in [0.717, 1.165) is 0 Å². The number of hydrogen-bond acceptors (Lipinski definition) is 4. The van der Waals surface area contributed by atoms with Gasteiger partial charge in [0.15, 0.2) is 0 Å². The molecule has 20 heavy (non-hydrogen) atoms. The van der Waals surface area contributed by atoms with Gasteiger partial charge in [-0.1, -0.05) is 0 Å². The number of morpholine rings is 1. The van der Waals surface area contributed by atoms with Crippen LogP contribution in [0.25, 0.3) is 0 Å². The molecule has 0 spiro atoms. The van der Waals surface area contributed by atoms with Gasteiger partial charge >= 0.3 is 0 Å². The third kappa shape index (κ3) is 3.17. The van der Waals surface area contributed by atoms with E-state index in [1.54, 1.807) is 12.1 Å². The number of amides is 1. The van der Waals surface area contributed by atoms with Gasteiger partial charge in [-0.25, -0.2) is 8.42 Å². The summed E-state index contributed by atoms with van der Waals surface area (Å²) in [7, 11) is -3.52. The minimum atomic E-state index is -3.52. The maximum absolute atomic E-state index is 12.5. The van der Waals surface area contributed by atoms with Crippen molar-refractivity contribution >= 4 is 22.1 Å². The van der Waals surface area contributed by atoms with E-state index in [-0.39, 0.29) is 17.1 Å². The second kappa shape index (κ2) is 5.90. The van der Waals surface area contributed by atoms with Gasteiger partial charge in [0, 0.05) is 18.8 Å². The minimum absolute atomic E-state index is 0.121. The van der Waals surface area contributed by atoms with E-state index in [9.17, 15) is 13.2 Å². The van der Waals surface area contributed by atoms with Gasteiger partial charge in [-0.3, -0.25) is 4.79 Å². The SMILES string of the molecule is CC1CN(S(=O)(=O)c2ccc(NC=O)cc2)CC(C)O1. The molecule has 1 aromatic rings. The number of ether oxygens (including phenoxy) is 1. The summed E-state index contributed by atoms with van der Waals surface area (Å²) in [5, 5.41) is 2.47. The van der Waals surface area contributed by atoms with Crippen LogP contribution in [0.3, 0.4) is 0 Å². The van der Waals surface area contributed by atoms with Crippen LogP contribution in [0.5, 0.6) is 0 Å². The normalized spacial score (nSPS) is 24.3. The van der Waals surface area contributed by atoms with Crippen LogP contribution in [0.15, 0.2) is 29.2 Å². The molecular formula is C13H18N2O4S. The zero-order valence-electron chi connectivity index (χ0n) is 11.4. The zero-order chi connectivity index (χ0) is 14.8. The Morgan fingerprint density at radius 3 is 2.25 bits per heavy atom. The van der Waals surface area contributed by atoms with Gasteiger partial charge in [0.1, 0.15) is 0 Å². The number of carbonyl (C=O) groups excluding carboxylic acids is 1. The van der Waals surface area contributed by atoms with Gasteiger partial charge in [-0.2, -0.15) is 4.31 Å². The number of rotatable bonds is 4. The molecule has 1 N–H and O–H groups in total. The van der Waals surface area contributed by atoms with Crippen LogP contribution in [0.2, 0.25) is 0 Å². The van der Waals surface area contributed by atoms with Crippen LogP contribution in [0.4, 0.5) is 5.69 Å². The predicted molar refractivity (Wildman–Crippen MR) is 74.9 cm³/mol. The standard InChI is InChI=1S/C13H18N2O4S/c1-10-7-15(8-11(2)19-10)20(17,18)13-5-3-12(4-6-13)14-9-16/h3-6,9-11H,7-8H2,1-2H3,(H,14,16). The van der Waals surface area contributed by atoms with E-state index in [1.165, 1.54) is 16.4 Å². The quantitative estimate of drug-likeness (QED) is 0.843. The summed E-state index contributed by atoms with van der Waals surface area (Å²) < 4.78 is 32.0. The Bertz CT molecular complexity index is 561. The lowest BCUT2D eigenvalue weighted by molar-refractivity contribution is -0.105. The molecule has 1 saturated heterocycles. The lowest BCUT2D eigenvalue weighted by atomic mass is 10.3. The van der Waals surface area contributed by atoms with Crippen molar-refractivity contribution in [2.45, 2.75) is 31.0 Å². The van der Waals surface area contributed by atoms with Crippen molar-refractivity contribution in [2.75, 3.05) is 18.4 Å². The summed E-state index contributed by atoms with van der Waals surface area (Å²) in [4.78, 5) is 10.5. The van der Waals surface area contributed by atoms with Gasteiger partial charge in [0.2, 0.25) is 16.4 Å². The molecule has 2 atom stereocenters. The summed E-state index contributed by atoms with van der Waals surface area (Å²) >= 11 is 0. The fourth-order valence-corrected chi connectivity index (χ4v) is 3.86. The Morgan fingerprint density at radius 1 is 1.20 bits per heavy atom. The van der Waals surface area contributed by atoms with Crippen LogP contribution in [-0.4, -0.2) is 44.4 Å². The first-order valence-corrected chi connectivity index (χ1v) is 7.83. The summed E-state index contributed by atoms with van der Waals surface area (Å²) in [6, 6.07) is 6.11. The zero-order valence-corrected chi connectivity index (χ0v) is 12.3. The Hall–Kier alpha value is -1.44. The molecule has 0 aromatic heterocycles. The van der Waals surface area contributed by atoms with E-state index in [0.29, 0.717) is 25.2 Å². The van der Waals surface area contributed by atoms with Crippen LogP contribution < -0.4 is 5.32 Å². The van der Waals surface area contributed by atoms with Crippen molar-refractivity contribution in [2.24, 2.45) is 0 Å². The molecule has 0 bridgehead atoms. The van der Waals surface area contributed by atoms with E-state index in [1.807, 2.05) is 13.8 Å². The summed E-state index contributed by atoms with van der Waals surface area (Å²) in [5.74, 6) is 0. The Kier molecular flexibility index (Phi) is 4.42. The summed E-state index contributed by atoms with van der Waals surface area (Å²) in [5.41, 5.74) is 0.558. The summed E-state index contributed by atoms with van der Waals surface area (Å²) in [6.07, 6.45) is 0.309. The number of benzene rings is 1. The molecule has 2 rings (SSSR count). The molecule has 2 unspecified atom stereocenters. The molecule has 0 saturated carbocycles. The number of carbonyl (C=O) groups is 1. The highest BCUT2D eigenvalue weighted by Crippen LogP contribution is 2.22. The van der Waals surface area contributed by atoms with Gasteiger partial charge in [0.05, 0.1) is 17.1 Å². The maximum Gasteiger partial charge on any atom is 0.243 e. The Balaban J connectivity index is 2.23. The third-order valence-electron chi connectivity index (χ3n) is 3.10. The number of sulfonamides is 1. The molecule has 6 nitrogen and oxygen atoms in total. The molecule has 7 heteroatoms. The molecule has 1 fully saturated rings. The second-order valence-corrected chi connectivity index (χ2v) is 6.80. The molecule has 1 aliphatic rings. The van der Waals surface area contributed by atoms with Crippen molar-refractivity contribution < 1.29 is 17.9 Å². The molecule has 1 aromatic carbocycles. The molecule has 0 aliphatic carbocycles. The van der Waals surface area contributed by atoms with Crippen molar-refractivity contribution in [3.05, 3.63) is 24.3 Å². The lowest BCUT2D eigenvalue weighted by Crippen LogP contribution is -2.48. The Morgan fingerprint density at radius 2 is 1.75 bits per heavy atom. The molecule has 110 valence electrons. The van der Waals surface area contributed by atoms with Gasteiger partial charge < -0.3 is 10.1 Å². The van der Waals surface area contributed by atoms with Crippen molar-refractivity contribution in [3.8, 4) is 0 Å². The van der Waals surface area contributed by atoms with E-state index in [4.69, 9.17) is 4.74 Å². The van der Waals surface area contributed by atoms with Crippen LogP contribution >= 0.6 is 0 Å². The van der Waals surface area contributed by atoms with Crippen LogP contribution in [0, 0.1) is 0 Å². The van der Waals surface area contributed by atoms with E-state index < -0.39 is 10.0 Å². The first-order chi connectivity index (χ1) is 9.43. The average Bonchev–Trinajstić information content (AvgIpc) is 2.38. The first-order valence-electron chi connectivity index (χ1n) is 6.39. The number of nitrogens with one attached hydrogen (secondary N) is 1. The van der Waals surface area contributed by atoms with E-state index in [2.05, 4.69) is 5.32 Å². The van der Waals surface area contributed by atoms with Crippen molar-refractivity contribution in [1.82, 2.24) is 4.31 Å². The van der Waals surface area contributed by atoms with Gasteiger partial charge in [-0.05, 0) is 38.1 Å². The molecular weight excluding hydrogens is 280 g/mol. The number of anilines is 1. The Labute approximate surface area is 118 Å². The maximum atomic E-state index is 12.5. The topological polar surface area (TPSA) is 75.7 Å². The lowest BCUT2D eigenvalue weighted by Gasteiger charge is -2.34. The smallest absolute Gasteiger partial charge is 0.243 e. The van der Waals surface area contributed by atoms with Crippen LogP contribution in [0.1, 0.15) is 13.8 Å². The average molecular weight is 298 g/mol. The largest absolute Gasteiger partial charge is 0.373 e. The highest BCUT2D eigenvalue weighted by molar-refractivity contribution is 7.89. The predicted octanol–water partition coefficient (Wildman–Crippen LogP) is 1.05.